The summed E-state index contributed by atoms with van der Waals surface area (Å²) >= 11 is 0. The number of halogens is 2. The van der Waals surface area contributed by atoms with Crippen molar-refractivity contribution in [2.75, 3.05) is 0 Å². The number of H-pyrrole nitrogens is 1. The Labute approximate surface area is 71.8 Å². The third kappa shape index (κ3) is 1.30. The van der Waals surface area contributed by atoms with E-state index < -0.39 is 11.6 Å². The van der Waals surface area contributed by atoms with Crippen molar-refractivity contribution in [3.05, 3.63) is 46.3 Å². The fourth-order valence-electron chi connectivity index (χ4n) is 1.15. The Morgan fingerprint density at radius 3 is 2.54 bits per heavy atom. The Morgan fingerprint density at radius 1 is 1.08 bits per heavy atom. The molecule has 13 heavy (non-hydrogen) atoms. The normalized spacial score (nSPS) is 10.6. The van der Waals surface area contributed by atoms with Crippen LogP contribution < -0.4 is 5.56 Å². The zero-order chi connectivity index (χ0) is 9.42. The predicted molar refractivity (Wildman–Crippen MR) is 44.5 cm³/mol. The van der Waals surface area contributed by atoms with E-state index in [1.54, 1.807) is 0 Å². The number of fused-ring (bicyclic) bond motifs is 1. The van der Waals surface area contributed by atoms with Gasteiger partial charge in [0.25, 0.3) is 0 Å². The second kappa shape index (κ2) is 2.65. The van der Waals surface area contributed by atoms with Gasteiger partial charge in [0, 0.05) is 17.5 Å². The summed E-state index contributed by atoms with van der Waals surface area (Å²) in [6, 6.07) is 4.71. The molecule has 2 nitrogen and oxygen atoms in total. The van der Waals surface area contributed by atoms with Gasteiger partial charge in [-0.05, 0) is 12.1 Å². The van der Waals surface area contributed by atoms with E-state index in [4.69, 9.17) is 0 Å². The van der Waals surface area contributed by atoms with E-state index in [0.29, 0.717) is 10.9 Å². The molecule has 0 saturated carbocycles. The highest BCUT2D eigenvalue weighted by molar-refractivity contribution is 5.78. The van der Waals surface area contributed by atoms with E-state index >= 15 is 0 Å². The van der Waals surface area contributed by atoms with Gasteiger partial charge >= 0.3 is 0 Å². The number of hydrogen-bond donors (Lipinski definition) is 1. The summed E-state index contributed by atoms with van der Waals surface area (Å²) in [5.74, 6) is -1.88. The molecule has 2 rings (SSSR count). The van der Waals surface area contributed by atoms with Crippen molar-refractivity contribution in [3.8, 4) is 0 Å². The van der Waals surface area contributed by atoms with Crippen molar-refractivity contribution in [1.82, 2.24) is 4.98 Å². The first-order chi connectivity index (χ1) is 6.16. The summed E-state index contributed by atoms with van der Waals surface area (Å²) in [6.07, 6.45) is 0. The van der Waals surface area contributed by atoms with Gasteiger partial charge in [0.05, 0.1) is 5.52 Å². The van der Waals surface area contributed by atoms with Crippen LogP contribution in [0.3, 0.4) is 0 Å². The second-order valence-electron chi connectivity index (χ2n) is 2.68. The lowest BCUT2D eigenvalue weighted by Crippen LogP contribution is -2.02. The molecule has 1 heterocycles. The standard InChI is InChI=1S/C9H5F2NO/c10-6-3-5-1-2-9(13)12-8(5)4-7(6)11/h1-4H,(H,12,13). The number of pyridine rings is 1. The molecule has 1 aromatic heterocycles. The zero-order valence-electron chi connectivity index (χ0n) is 6.47. The fraction of sp³-hybridized carbons (Fsp3) is 0. The maximum Gasteiger partial charge on any atom is 0.248 e. The Balaban J connectivity index is 2.89. The number of hydrogen-bond acceptors (Lipinski definition) is 1. The molecule has 0 spiro atoms. The topological polar surface area (TPSA) is 32.9 Å². The maximum absolute atomic E-state index is 12.7. The third-order valence-corrected chi connectivity index (χ3v) is 1.76. The highest BCUT2D eigenvalue weighted by atomic mass is 19.2. The molecule has 0 aliphatic rings. The summed E-state index contributed by atoms with van der Waals surface area (Å²) < 4.78 is 25.4. The van der Waals surface area contributed by atoms with Gasteiger partial charge < -0.3 is 4.98 Å². The SMILES string of the molecule is O=c1ccc2cc(F)c(F)cc2[nH]1. The first kappa shape index (κ1) is 7.91. The van der Waals surface area contributed by atoms with E-state index in [2.05, 4.69) is 4.98 Å². The van der Waals surface area contributed by atoms with Crippen molar-refractivity contribution in [3.63, 3.8) is 0 Å². The number of benzene rings is 1. The molecular formula is C9H5F2NO. The number of nitrogens with one attached hydrogen (secondary N) is 1. The minimum Gasteiger partial charge on any atom is -0.322 e. The maximum atomic E-state index is 12.7. The number of rotatable bonds is 0. The van der Waals surface area contributed by atoms with Crippen LogP contribution in [-0.2, 0) is 0 Å². The van der Waals surface area contributed by atoms with Crippen molar-refractivity contribution >= 4 is 10.9 Å². The molecule has 0 radical (unpaired) electrons. The fourth-order valence-corrected chi connectivity index (χ4v) is 1.15. The highest BCUT2D eigenvalue weighted by Crippen LogP contribution is 2.14. The average molecular weight is 181 g/mol. The van der Waals surface area contributed by atoms with Crippen molar-refractivity contribution < 1.29 is 8.78 Å². The lowest BCUT2D eigenvalue weighted by molar-refractivity contribution is 0.510. The number of aromatic nitrogens is 1. The second-order valence-corrected chi connectivity index (χ2v) is 2.68. The molecule has 0 fully saturated rings. The lowest BCUT2D eigenvalue weighted by atomic mass is 10.2. The van der Waals surface area contributed by atoms with Gasteiger partial charge in [0.15, 0.2) is 11.6 Å². The quantitative estimate of drug-likeness (QED) is 0.660. The smallest absolute Gasteiger partial charge is 0.248 e. The predicted octanol–water partition coefficient (Wildman–Crippen LogP) is 1.81. The molecular weight excluding hydrogens is 176 g/mol. The van der Waals surface area contributed by atoms with Gasteiger partial charge in [-0.25, -0.2) is 8.78 Å². The van der Waals surface area contributed by atoms with Gasteiger partial charge in [-0.2, -0.15) is 0 Å². The van der Waals surface area contributed by atoms with Crippen LogP contribution in [0.2, 0.25) is 0 Å². The summed E-state index contributed by atoms with van der Waals surface area (Å²) in [4.78, 5) is 13.2. The van der Waals surface area contributed by atoms with Gasteiger partial charge in [-0.1, -0.05) is 0 Å². The van der Waals surface area contributed by atoms with Crippen LogP contribution >= 0.6 is 0 Å². The molecule has 0 aliphatic heterocycles. The Kier molecular flexibility index (Phi) is 1.62. The number of aromatic amines is 1. The van der Waals surface area contributed by atoms with Crippen LogP contribution in [0.25, 0.3) is 10.9 Å². The lowest BCUT2D eigenvalue weighted by Gasteiger charge is -1.97. The summed E-state index contributed by atoms with van der Waals surface area (Å²) in [7, 11) is 0. The molecule has 66 valence electrons. The molecule has 0 bridgehead atoms. The molecule has 1 N–H and O–H groups in total. The van der Waals surface area contributed by atoms with Gasteiger partial charge in [0.2, 0.25) is 5.56 Å². The van der Waals surface area contributed by atoms with Crippen LogP contribution in [0.1, 0.15) is 0 Å². The Hall–Kier alpha value is -1.71. The van der Waals surface area contributed by atoms with Crippen LogP contribution in [0.4, 0.5) is 8.78 Å². The first-order valence-electron chi connectivity index (χ1n) is 3.65. The van der Waals surface area contributed by atoms with Crippen molar-refractivity contribution in [1.29, 1.82) is 0 Å². The average Bonchev–Trinajstić information content (AvgIpc) is 2.08. The van der Waals surface area contributed by atoms with Crippen LogP contribution in [0, 0.1) is 11.6 Å². The molecule has 2 aromatic rings. The Bertz CT molecular complexity index is 518. The zero-order valence-corrected chi connectivity index (χ0v) is 6.47. The molecule has 0 amide bonds. The minimum atomic E-state index is -0.964. The van der Waals surface area contributed by atoms with Crippen LogP contribution in [0.5, 0.6) is 0 Å². The third-order valence-electron chi connectivity index (χ3n) is 1.76. The molecule has 0 atom stereocenters. The van der Waals surface area contributed by atoms with Crippen molar-refractivity contribution in [2.24, 2.45) is 0 Å². The minimum absolute atomic E-state index is 0.298. The summed E-state index contributed by atoms with van der Waals surface area (Å²) in [5, 5.41) is 0.471. The highest BCUT2D eigenvalue weighted by Gasteiger charge is 2.03. The monoisotopic (exact) mass is 181 g/mol. The first-order valence-corrected chi connectivity index (χ1v) is 3.65. The van der Waals surface area contributed by atoms with E-state index in [0.717, 1.165) is 12.1 Å². The van der Waals surface area contributed by atoms with Crippen molar-refractivity contribution in [2.45, 2.75) is 0 Å². The molecule has 0 aliphatic carbocycles. The van der Waals surface area contributed by atoms with E-state index in [-0.39, 0.29) is 5.56 Å². The van der Waals surface area contributed by atoms with E-state index in [1.807, 2.05) is 0 Å². The molecule has 0 saturated heterocycles. The summed E-state index contributed by atoms with van der Waals surface area (Å²) in [6.45, 7) is 0. The van der Waals surface area contributed by atoms with Gasteiger partial charge in [-0.3, -0.25) is 4.79 Å². The molecule has 0 unspecified atom stereocenters. The van der Waals surface area contributed by atoms with E-state index in [9.17, 15) is 13.6 Å². The molecule has 1 aromatic carbocycles. The van der Waals surface area contributed by atoms with E-state index in [1.165, 1.54) is 12.1 Å². The Morgan fingerprint density at radius 2 is 1.77 bits per heavy atom. The van der Waals surface area contributed by atoms with Gasteiger partial charge in [-0.15, -0.1) is 0 Å². The van der Waals surface area contributed by atoms with Gasteiger partial charge in [0.1, 0.15) is 0 Å². The largest absolute Gasteiger partial charge is 0.322 e. The van der Waals surface area contributed by atoms with Crippen LogP contribution in [0.15, 0.2) is 29.1 Å². The summed E-state index contributed by atoms with van der Waals surface area (Å²) in [5.41, 5.74) is -0.0371. The molecule has 4 heteroatoms. The van der Waals surface area contributed by atoms with Crippen LogP contribution in [-0.4, -0.2) is 4.98 Å².